The molecule has 35 heavy (non-hydrogen) atoms. The van der Waals surface area contributed by atoms with E-state index in [1.54, 1.807) is 36.1 Å². The van der Waals surface area contributed by atoms with E-state index < -0.39 is 16.1 Å². The molecule has 1 N–H and O–H groups in total. The number of para-hydroxylation sites is 2. The van der Waals surface area contributed by atoms with Crippen molar-refractivity contribution < 1.29 is 22.7 Å². The molecule has 2 amide bonds. The van der Waals surface area contributed by atoms with Gasteiger partial charge in [0.15, 0.2) is 0 Å². The topological polar surface area (TPSA) is 96.0 Å². The minimum absolute atomic E-state index is 0.112. The molecule has 0 aliphatic rings. The van der Waals surface area contributed by atoms with E-state index in [0.29, 0.717) is 44.0 Å². The standard InChI is InChI=1S/C26H37N3O5S/c1-5-27-26(31)21(3)28(20-18-22-13-8-7-9-14-22)25(30)17-12-19-29(35(4,32)33)23-15-10-11-16-24(23)34-6-2/h7-11,13-16,21H,5-6,12,17-20H2,1-4H3,(H,27,31). The van der Waals surface area contributed by atoms with E-state index in [1.807, 2.05) is 44.2 Å². The third kappa shape index (κ3) is 8.58. The zero-order valence-electron chi connectivity index (χ0n) is 21.1. The normalized spacial score (nSPS) is 12.0. The van der Waals surface area contributed by atoms with E-state index in [0.717, 1.165) is 11.8 Å². The van der Waals surface area contributed by atoms with Gasteiger partial charge in [0.2, 0.25) is 21.8 Å². The molecule has 0 radical (unpaired) electrons. The van der Waals surface area contributed by atoms with E-state index in [2.05, 4.69) is 5.32 Å². The van der Waals surface area contributed by atoms with E-state index in [1.165, 1.54) is 4.31 Å². The van der Waals surface area contributed by atoms with Crippen LogP contribution < -0.4 is 14.4 Å². The molecule has 0 saturated heterocycles. The van der Waals surface area contributed by atoms with Crippen molar-refractivity contribution in [2.45, 2.75) is 46.1 Å². The molecule has 2 aromatic rings. The van der Waals surface area contributed by atoms with Crippen molar-refractivity contribution in [3.8, 4) is 5.75 Å². The SMILES string of the molecule is CCNC(=O)C(C)N(CCc1ccccc1)C(=O)CCCN(c1ccccc1OCC)S(C)(=O)=O. The van der Waals surface area contributed by atoms with Crippen molar-refractivity contribution in [3.63, 3.8) is 0 Å². The van der Waals surface area contributed by atoms with Gasteiger partial charge in [-0.1, -0.05) is 42.5 Å². The van der Waals surface area contributed by atoms with Crippen LogP contribution in [0.3, 0.4) is 0 Å². The molecule has 2 rings (SSSR count). The fourth-order valence-electron chi connectivity index (χ4n) is 3.82. The lowest BCUT2D eigenvalue weighted by atomic mass is 10.1. The predicted octanol–water partition coefficient (Wildman–Crippen LogP) is 3.23. The highest BCUT2D eigenvalue weighted by molar-refractivity contribution is 7.92. The highest BCUT2D eigenvalue weighted by Gasteiger charge is 2.26. The molecule has 8 nitrogen and oxygen atoms in total. The fraction of sp³-hybridized carbons (Fsp3) is 0.462. The Bertz CT molecular complexity index is 1060. The van der Waals surface area contributed by atoms with Crippen LogP contribution in [0.1, 0.15) is 39.2 Å². The first-order valence-corrected chi connectivity index (χ1v) is 13.8. The van der Waals surface area contributed by atoms with Gasteiger partial charge in [0.25, 0.3) is 0 Å². The molecule has 0 fully saturated rings. The smallest absolute Gasteiger partial charge is 0.242 e. The summed E-state index contributed by atoms with van der Waals surface area (Å²) >= 11 is 0. The Balaban J connectivity index is 2.13. The highest BCUT2D eigenvalue weighted by Crippen LogP contribution is 2.30. The molecular formula is C26H37N3O5S. The van der Waals surface area contributed by atoms with E-state index in [9.17, 15) is 18.0 Å². The molecule has 0 saturated carbocycles. The second kappa shape index (κ2) is 13.7. The van der Waals surface area contributed by atoms with Crippen LogP contribution in [0.15, 0.2) is 54.6 Å². The maximum atomic E-state index is 13.2. The Labute approximate surface area is 209 Å². The number of nitrogens with one attached hydrogen (secondary N) is 1. The van der Waals surface area contributed by atoms with E-state index in [4.69, 9.17) is 4.74 Å². The summed E-state index contributed by atoms with van der Waals surface area (Å²) < 4.78 is 32.0. The average Bonchev–Trinajstić information content (AvgIpc) is 2.82. The zero-order valence-corrected chi connectivity index (χ0v) is 21.9. The van der Waals surface area contributed by atoms with Crippen LogP contribution in [-0.2, 0) is 26.0 Å². The largest absolute Gasteiger partial charge is 0.492 e. The summed E-state index contributed by atoms with van der Waals surface area (Å²) in [7, 11) is -3.60. The molecule has 2 aromatic carbocycles. The molecule has 192 valence electrons. The van der Waals surface area contributed by atoms with Crippen LogP contribution in [0.25, 0.3) is 0 Å². The Morgan fingerprint density at radius 2 is 1.66 bits per heavy atom. The zero-order chi connectivity index (χ0) is 25.8. The second-order valence-corrected chi connectivity index (χ2v) is 10.1. The van der Waals surface area contributed by atoms with Gasteiger partial charge in [0, 0.05) is 26.1 Å². The summed E-state index contributed by atoms with van der Waals surface area (Å²) in [6.45, 7) is 6.78. The molecule has 0 aromatic heterocycles. The van der Waals surface area contributed by atoms with Crippen molar-refractivity contribution in [1.29, 1.82) is 0 Å². The van der Waals surface area contributed by atoms with Crippen LogP contribution in [0.5, 0.6) is 5.75 Å². The summed E-state index contributed by atoms with van der Waals surface area (Å²) in [5.41, 5.74) is 1.52. The van der Waals surface area contributed by atoms with Crippen molar-refractivity contribution >= 4 is 27.5 Å². The van der Waals surface area contributed by atoms with Gasteiger partial charge in [-0.15, -0.1) is 0 Å². The third-order valence-electron chi connectivity index (χ3n) is 5.59. The van der Waals surface area contributed by atoms with Gasteiger partial charge >= 0.3 is 0 Å². The van der Waals surface area contributed by atoms with Gasteiger partial charge in [-0.25, -0.2) is 8.42 Å². The minimum Gasteiger partial charge on any atom is -0.492 e. The summed E-state index contributed by atoms with van der Waals surface area (Å²) in [5, 5.41) is 2.78. The van der Waals surface area contributed by atoms with Crippen LogP contribution >= 0.6 is 0 Å². The number of benzene rings is 2. The predicted molar refractivity (Wildman–Crippen MR) is 139 cm³/mol. The number of anilines is 1. The van der Waals surface area contributed by atoms with Gasteiger partial charge < -0.3 is 15.0 Å². The first-order valence-electron chi connectivity index (χ1n) is 12.0. The number of nitrogens with zero attached hydrogens (tertiary/aromatic N) is 2. The van der Waals surface area contributed by atoms with Crippen molar-refractivity contribution in [1.82, 2.24) is 10.2 Å². The average molecular weight is 504 g/mol. The van der Waals surface area contributed by atoms with Crippen molar-refractivity contribution in [3.05, 3.63) is 60.2 Å². The van der Waals surface area contributed by atoms with Gasteiger partial charge in [-0.2, -0.15) is 0 Å². The number of hydrogen-bond donors (Lipinski definition) is 1. The maximum absolute atomic E-state index is 13.2. The number of ether oxygens (including phenoxy) is 1. The first kappa shape index (κ1) is 28.2. The van der Waals surface area contributed by atoms with Crippen LogP contribution in [0.4, 0.5) is 5.69 Å². The number of carbonyl (C=O) groups is 2. The van der Waals surface area contributed by atoms with E-state index >= 15 is 0 Å². The lowest BCUT2D eigenvalue weighted by Crippen LogP contribution is -2.48. The molecular weight excluding hydrogens is 466 g/mol. The summed E-state index contributed by atoms with van der Waals surface area (Å²) in [5.74, 6) is 0.0737. The van der Waals surface area contributed by atoms with Crippen LogP contribution in [0.2, 0.25) is 0 Å². The highest BCUT2D eigenvalue weighted by atomic mass is 32.2. The van der Waals surface area contributed by atoms with Gasteiger partial charge in [0.1, 0.15) is 11.8 Å². The Hall–Kier alpha value is -3.07. The summed E-state index contributed by atoms with van der Waals surface area (Å²) in [6, 6.07) is 16.1. The van der Waals surface area contributed by atoms with Crippen LogP contribution in [0, 0.1) is 0 Å². The van der Waals surface area contributed by atoms with E-state index in [-0.39, 0.29) is 24.8 Å². The lowest BCUT2D eigenvalue weighted by Gasteiger charge is -2.29. The molecule has 0 aliphatic carbocycles. The monoisotopic (exact) mass is 503 g/mol. The van der Waals surface area contributed by atoms with Gasteiger partial charge in [0.05, 0.1) is 18.6 Å². The number of sulfonamides is 1. The molecule has 0 heterocycles. The Morgan fingerprint density at radius 3 is 2.29 bits per heavy atom. The van der Waals surface area contributed by atoms with Crippen LogP contribution in [-0.4, -0.2) is 63.7 Å². The number of carbonyl (C=O) groups excluding carboxylic acids is 2. The molecule has 1 unspecified atom stereocenters. The summed E-state index contributed by atoms with van der Waals surface area (Å²) in [6.07, 6.45) is 2.17. The van der Waals surface area contributed by atoms with Gasteiger partial charge in [-0.3, -0.25) is 13.9 Å². The third-order valence-corrected chi connectivity index (χ3v) is 6.77. The number of rotatable bonds is 14. The van der Waals surface area contributed by atoms with Gasteiger partial charge in [-0.05, 0) is 51.3 Å². The molecule has 0 aliphatic heterocycles. The second-order valence-electron chi connectivity index (χ2n) is 8.23. The lowest BCUT2D eigenvalue weighted by molar-refractivity contribution is -0.139. The number of likely N-dealkylation sites (N-methyl/N-ethyl adjacent to an activating group) is 1. The van der Waals surface area contributed by atoms with Crippen molar-refractivity contribution in [2.75, 3.05) is 36.8 Å². The Morgan fingerprint density at radius 1 is 1.00 bits per heavy atom. The molecule has 0 spiro atoms. The molecule has 9 heteroatoms. The minimum atomic E-state index is -3.60. The summed E-state index contributed by atoms with van der Waals surface area (Å²) in [4.78, 5) is 27.3. The Kier molecular flexibility index (Phi) is 11.0. The molecule has 0 bridgehead atoms. The van der Waals surface area contributed by atoms with Crippen molar-refractivity contribution in [2.24, 2.45) is 0 Å². The fourth-order valence-corrected chi connectivity index (χ4v) is 4.78. The molecule has 1 atom stereocenters. The first-order chi connectivity index (χ1) is 16.7. The quantitative estimate of drug-likeness (QED) is 0.427. The number of amides is 2. The maximum Gasteiger partial charge on any atom is 0.242 e. The number of hydrogen-bond acceptors (Lipinski definition) is 5.